The van der Waals surface area contributed by atoms with Crippen molar-refractivity contribution < 1.29 is 21.4 Å². The highest BCUT2D eigenvalue weighted by Crippen LogP contribution is 2.34. The Hall–Kier alpha value is -1.45. The Morgan fingerprint density at radius 3 is 2.90 bits per heavy atom. The van der Waals surface area contributed by atoms with E-state index in [1.807, 2.05) is 11.3 Å². The lowest BCUT2D eigenvalue weighted by atomic mass is 9.88. The van der Waals surface area contributed by atoms with Gasteiger partial charge in [0, 0.05) is 23.6 Å². The molecule has 2 aromatic heterocycles. The van der Waals surface area contributed by atoms with Crippen molar-refractivity contribution >= 4 is 26.4 Å². The summed E-state index contributed by atoms with van der Waals surface area (Å²) in [5, 5.41) is 0. The number of para-hydroxylation sites is 1. The van der Waals surface area contributed by atoms with Gasteiger partial charge in [0.25, 0.3) is 4.83 Å². The minimum absolute atomic E-state index is 0. The predicted molar refractivity (Wildman–Crippen MR) is 85.2 cm³/mol. The molecule has 0 saturated carbocycles. The van der Waals surface area contributed by atoms with Gasteiger partial charge in [-0.3, -0.25) is 0 Å². The van der Waals surface area contributed by atoms with Crippen LogP contribution in [0.25, 0.3) is 15.0 Å². The van der Waals surface area contributed by atoms with Crippen molar-refractivity contribution in [3.8, 4) is 0 Å². The summed E-state index contributed by atoms with van der Waals surface area (Å²) in [5.74, 6) is 0.495. The van der Waals surface area contributed by atoms with E-state index in [-0.39, 0.29) is 17.0 Å². The number of halogens is 1. The van der Waals surface area contributed by atoms with E-state index in [2.05, 4.69) is 72.1 Å². The molecule has 0 saturated heterocycles. The second kappa shape index (κ2) is 5.74. The van der Waals surface area contributed by atoms with Crippen molar-refractivity contribution in [1.29, 1.82) is 0 Å². The summed E-state index contributed by atoms with van der Waals surface area (Å²) < 4.78 is 3.70. The fraction of sp³-hybridized carbons (Fsp3) is 0.167. The Morgan fingerprint density at radius 1 is 1.14 bits per heavy atom. The zero-order valence-electron chi connectivity index (χ0n) is 11.8. The topological polar surface area (TPSA) is 4.10 Å². The zero-order valence-corrected chi connectivity index (χ0v) is 14.2. The maximum absolute atomic E-state index is 2.33. The van der Waals surface area contributed by atoms with Gasteiger partial charge < -0.3 is 17.0 Å². The maximum atomic E-state index is 2.33. The van der Waals surface area contributed by atoms with Crippen LogP contribution in [-0.4, -0.2) is 0 Å². The van der Waals surface area contributed by atoms with Gasteiger partial charge in [-0.2, -0.15) is 0 Å². The molecule has 4 rings (SSSR count). The molecule has 1 aliphatic rings. The van der Waals surface area contributed by atoms with Crippen molar-refractivity contribution in [3.63, 3.8) is 0 Å². The van der Waals surface area contributed by atoms with Crippen molar-refractivity contribution in [3.05, 3.63) is 72.0 Å². The van der Waals surface area contributed by atoms with Crippen molar-refractivity contribution in [2.24, 2.45) is 0 Å². The third-order valence-electron chi connectivity index (χ3n) is 3.97. The second-order valence-corrected chi connectivity index (χ2v) is 6.48. The van der Waals surface area contributed by atoms with Crippen molar-refractivity contribution in [2.45, 2.75) is 19.3 Å². The zero-order chi connectivity index (χ0) is 13.5. The smallest absolute Gasteiger partial charge is 0.268 e. The molecule has 0 aliphatic heterocycles. The summed E-state index contributed by atoms with van der Waals surface area (Å²) in [5.41, 5.74) is 4.27. The maximum Gasteiger partial charge on any atom is 0.268 e. The Labute approximate surface area is 139 Å². The Morgan fingerprint density at radius 2 is 2.05 bits per heavy atom. The first-order chi connectivity index (χ1) is 9.83. The van der Waals surface area contributed by atoms with E-state index in [9.17, 15) is 0 Å². The molecular weight excluding hydrogens is 342 g/mol. The summed E-state index contributed by atoms with van der Waals surface area (Å²) in [6.45, 7) is 2.22. The molecule has 3 heteroatoms. The highest BCUT2D eigenvalue weighted by atomic mass is 79.9. The Bertz CT molecular complexity index is 860. The van der Waals surface area contributed by atoms with Crippen LogP contribution in [0.4, 0.5) is 0 Å². The number of hydrogen-bond donors (Lipinski definition) is 0. The first-order valence-electron chi connectivity index (χ1n) is 6.99. The van der Waals surface area contributed by atoms with Gasteiger partial charge in [-0.25, -0.2) is 0 Å². The number of pyridine rings is 1. The van der Waals surface area contributed by atoms with Gasteiger partial charge >= 0.3 is 0 Å². The molecule has 106 valence electrons. The van der Waals surface area contributed by atoms with E-state index in [1.54, 1.807) is 0 Å². The normalized spacial score (nSPS) is 17.8. The summed E-state index contributed by atoms with van der Waals surface area (Å²) in [4.78, 5) is 1.31. The fourth-order valence-corrected chi connectivity index (χ4v) is 4.12. The van der Waals surface area contributed by atoms with Gasteiger partial charge in [0.1, 0.15) is 4.70 Å². The molecule has 1 aromatic carbocycles. The molecule has 1 unspecified atom stereocenters. The largest absolute Gasteiger partial charge is 1.00 e. The van der Waals surface area contributed by atoms with Crippen molar-refractivity contribution in [1.82, 2.24) is 0 Å². The van der Waals surface area contributed by atoms with E-state index in [0.717, 1.165) is 6.42 Å². The van der Waals surface area contributed by atoms with Crippen LogP contribution >= 0.6 is 11.3 Å². The minimum Gasteiger partial charge on any atom is -1.00 e. The number of thiazole rings is 1. The monoisotopic (exact) mass is 357 g/mol. The van der Waals surface area contributed by atoms with E-state index in [1.165, 1.54) is 26.2 Å². The number of rotatable bonds is 1. The van der Waals surface area contributed by atoms with Gasteiger partial charge in [-0.15, -0.1) is 4.40 Å². The first-order valence-corrected chi connectivity index (χ1v) is 7.80. The van der Waals surface area contributed by atoms with Crippen LogP contribution in [-0.2, 0) is 0 Å². The Kier molecular flexibility index (Phi) is 3.96. The van der Waals surface area contributed by atoms with E-state index < -0.39 is 0 Å². The van der Waals surface area contributed by atoms with Crippen LogP contribution in [0.1, 0.15) is 24.8 Å². The quantitative estimate of drug-likeness (QED) is 0.583. The molecule has 21 heavy (non-hydrogen) atoms. The van der Waals surface area contributed by atoms with Gasteiger partial charge in [0.05, 0.1) is 0 Å². The van der Waals surface area contributed by atoms with Crippen LogP contribution in [0.15, 0.2) is 66.4 Å². The molecule has 0 radical (unpaired) electrons. The lowest BCUT2D eigenvalue weighted by Crippen LogP contribution is -3.00. The van der Waals surface area contributed by atoms with Crippen LogP contribution in [0.2, 0.25) is 0 Å². The average molecular weight is 358 g/mol. The number of fused-ring (bicyclic) bond motifs is 3. The third kappa shape index (κ3) is 2.45. The number of nitrogens with zero attached hydrogens (tertiary/aromatic N) is 1. The van der Waals surface area contributed by atoms with E-state index >= 15 is 0 Å². The summed E-state index contributed by atoms with van der Waals surface area (Å²) >= 11 is 1.86. The van der Waals surface area contributed by atoms with Gasteiger partial charge in [0.2, 0.25) is 5.52 Å². The molecule has 0 fully saturated rings. The Balaban J connectivity index is 0.00000132. The van der Waals surface area contributed by atoms with Crippen LogP contribution in [0.5, 0.6) is 0 Å². The molecule has 1 nitrogen and oxygen atoms in total. The lowest BCUT2D eigenvalue weighted by molar-refractivity contribution is -0.478. The average Bonchev–Trinajstić information content (AvgIpc) is 2.85. The molecule has 0 amide bonds. The first kappa shape index (κ1) is 14.5. The molecule has 0 bridgehead atoms. The number of benzene rings is 1. The fourth-order valence-electron chi connectivity index (χ4n) is 3.04. The summed E-state index contributed by atoms with van der Waals surface area (Å²) in [7, 11) is 0. The second-order valence-electron chi connectivity index (χ2n) is 5.41. The highest BCUT2D eigenvalue weighted by Gasteiger charge is 2.22. The SMILES string of the molecule is CC1=CC=CC(c2cccc3sc4cccc[n+]4c23)C1.[Br-]. The lowest BCUT2D eigenvalue weighted by Gasteiger charge is -2.15. The summed E-state index contributed by atoms with van der Waals surface area (Å²) in [6, 6.07) is 13.1. The molecular formula is C18H16BrNS. The number of aromatic nitrogens is 1. The van der Waals surface area contributed by atoms with Crippen LogP contribution in [0.3, 0.4) is 0 Å². The van der Waals surface area contributed by atoms with Gasteiger partial charge in [0.15, 0.2) is 6.20 Å². The molecule has 0 N–H and O–H groups in total. The highest BCUT2D eigenvalue weighted by molar-refractivity contribution is 7.23. The van der Waals surface area contributed by atoms with Gasteiger partial charge in [-0.1, -0.05) is 47.3 Å². The molecule has 0 spiro atoms. The van der Waals surface area contributed by atoms with Crippen LogP contribution in [0, 0.1) is 0 Å². The van der Waals surface area contributed by atoms with Gasteiger partial charge in [-0.05, 0) is 25.5 Å². The van der Waals surface area contributed by atoms with Crippen LogP contribution < -0.4 is 21.4 Å². The predicted octanol–water partition coefficient (Wildman–Crippen LogP) is 1.63. The third-order valence-corrected chi connectivity index (χ3v) is 5.06. The van der Waals surface area contributed by atoms with E-state index in [0.29, 0.717) is 5.92 Å². The number of allylic oxidation sites excluding steroid dienone is 4. The number of hydrogen-bond acceptors (Lipinski definition) is 1. The van der Waals surface area contributed by atoms with E-state index in [4.69, 9.17) is 0 Å². The minimum atomic E-state index is 0. The van der Waals surface area contributed by atoms with Crippen molar-refractivity contribution in [2.75, 3.05) is 0 Å². The standard InChI is InChI=1S/C18H16NS.BrH/c1-13-6-4-7-14(12-13)15-8-5-9-16-18(15)19-11-3-2-10-17(19)20-16;/h2-11,14H,12H2,1H3;1H/q+1;/p-1. The molecule has 1 aliphatic carbocycles. The molecule has 2 heterocycles. The summed E-state index contributed by atoms with van der Waals surface area (Å²) in [6.07, 6.45) is 10.0. The molecule has 3 aromatic rings. The molecule has 1 atom stereocenters.